The summed E-state index contributed by atoms with van der Waals surface area (Å²) >= 11 is 0. The van der Waals surface area contributed by atoms with Gasteiger partial charge in [-0.3, -0.25) is 4.79 Å². The second-order valence-electron chi connectivity index (χ2n) is 4.71. The number of carbonyl (C=O) groups is 1. The molecule has 2 aromatic rings. The van der Waals surface area contributed by atoms with Crippen LogP contribution in [-0.2, 0) is 6.42 Å². The first kappa shape index (κ1) is 11.8. The maximum atomic E-state index is 12.5. The molecule has 0 aliphatic carbocycles. The van der Waals surface area contributed by atoms with Crippen molar-refractivity contribution in [1.82, 2.24) is 0 Å². The molecule has 1 aliphatic heterocycles. The van der Waals surface area contributed by atoms with Gasteiger partial charge in [-0.1, -0.05) is 30.3 Å². The van der Waals surface area contributed by atoms with Crippen LogP contribution in [0.5, 0.6) is 5.75 Å². The Kier molecular flexibility index (Phi) is 2.95. The van der Waals surface area contributed by atoms with Gasteiger partial charge in [0.25, 0.3) is 5.91 Å². The second-order valence-corrected chi connectivity index (χ2v) is 4.71. The number of phenolic OH excluding ortho intramolecular Hbond substituents is 1. The Labute approximate surface area is 112 Å². The zero-order valence-electron chi connectivity index (χ0n) is 10.5. The number of carbonyl (C=O) groups excluding carboxylic acids is 1. The van der Waals surface area contributed by atoms with E-state index in [1.54, 1.807) is 23.1 Å². The summed E-state index contributed by atoms with van der Waals surface area (Å²) in [5, 5.41) is 10.0. The van der Waals surface area contributed by atoms with Crippen molar-refractivity contribution in [1.29, 1.82) is 0 Å². The van der Waals surface area contributed by atoms with Crippen LogP contribution in [0, 0.1) is 0 Å². The molecule has 1 aliphatic rings. The fourth-order valence-corrected chi connectivity index (χ4v) is 2.57. The van der Waals surface area contributed by atoms with Gasteiger partial charge in [0, 0.05) is 12.1 Å². The van der Waals surface area contributed by atoms with Crippen LogP contribution in [0.25, 0.3) is 0 Å². The summed E-state index contributed by atoms with van der Waals surface area (Å²) in [4.78, 5) is 14.2. The van der Waals surface area contributed by atoms with Gasteiger partial charge in [-0.25, -0.2) is 0 Å². The number of anilines is 1. The fourth-order valence-electron chi connectivity index (χ4n) is 2.57. The van der Waals surface area contributed by atoms with Crippen LogP contribution in [0.4, 0.5) is 5.69 Å². The molecule has 0 spiro atoms. The molecule has 0 saturated heterocycles. The molecule has 96 valence electrons. The predicted molar refractivity (Wildman–Crippen MR) is 74.5 cm³/mol. The molecule has 0 fully saturated rings. The molecule has 0 aromatic heterocycles. The van der Waals surface area contributed by atoms with E-state index < -0.39 is 0 Å². The minimum atomic E-state index is -0.0527. The molecule has 3 rings (SSSR count). The van der Waals surface area contributed by atoms with Crippen LogP contribution in [-0.4, -0.2) is 17.6 Å². The first-order chi connectivity index (χ1) is 9.27. The van der Waals surface area contributed by atoms with Crippen LogP contribution in [0.3, 0.4) is 0 Å². The highest BCUT2D eigenvalue weighted by Gasteiger charge is 2.25. The molecule has 1 amide bonds. The highest BCUT2D eigenvalue weighted by atomic mass is 16.3. The number of hydrogen-bond donors (Lipinski definition) is 1. The van der Waals surface area contributed by atoms with Crippen LogP contribution in [0.1, 0.15) is 22.3 Å². The average molecular weight is 253 g/mol. The Morgan fingerprint density at radius 3 is 2.63 bits per heavy atom. The van der Waals surface area contributed by atoms with Gasteiger partial charge in [0.05, 0.1) is 5.69 Å². The maximum absolute atomic E-state index is 12.5. The van der Waals surface area contributed by atoms with E-state index in [0.717, 1.165) is 18.4 Å². The van der Waals surface area contributed by atoms with Crippen molar-refractivity contribution in [2.24, 2.45) is 0 Å². The third kappa shape index (κ3) is 2.08. The van der Waals surface area contributed by atoms with E-state index in [9.17, 15) is 9.90 Å². The second kappa shape index (κ2) is 4.76. The van der Waals surface area contributed by atoms with Crippen LogP contribution >= 0.6 is 0 Å². The molecule has 1 heterocycles. The lowest BCUT2D eigenvalue weighted by Crippen LogP contribution is -2.35. The van der Waals surface area contributed by atoms with Gasteiger partial charge >= 0.3 is 0 Å². The van der Waals surface area contributed by atoms with Crippen molar-refractivity contribution in [3.05, 3.63) is 59.7 Å². The highest BCUT2D eigenvalue weighted by molar-refractivity contribution is 6.07. The van der Waals surface area contributed by atoms with Crippen molar-refractivity contribution in [3.8, 4) is 5.75 Å². The van der Waals surface area contributed by atoms with Gasteiger partial charge in [-0.05, 0) is 36.6 Å². The number of para-hydroxylation sites is 1. The molecule has 0 bridgehead atoms. The molecular weight excluding hydrogens is 238 g/mol. The Bertz CT molecular complexity index is 607. The number of nitrogens with zero attached hydrogens (tertiary/aromatic N) is 1. The van der Waals surface area contributed by atoms with Gasteiger partial charge in [0.1, 0.15) is 5.75 Å². The quantitative estimate of drug-likeness (QED) is 0.848. The van der Waals surface area contributed by atoms with E-state index in [0.29, 0.717) is 17.8 Å². The van der Waals surface area contributed by atoms with E-state index >= 15 is 0 Å². The predicted octanol–water partition coefficient (Wildman–Crippen LogP) is 2.99. The van der Waals surface area contributed by atoms with E-state index in [-0.39, 0.29) is 11.7 Å². The van der Waals surface area contributed by atoms with Gasteiger partial charge < -0.3 is 10.0 Å². The van der Waals surface area contributed by atoms with Crippen LogP contribution in [0.2, 0.25) is 0 Å². The third-order valence-electron chi connectivity index (χ3n) is 3.46. The van der Waals surface area contributed by atoms with Gasteiger partial charge in [-0.15, -0.1) is 0 Å². The molecule has 0 saturated carbocycles. The Balaban J connectivity index is 2.03. The normalized spacial score (nSPS) is 14.0. The van der Waals surface area contributed by atoms with Crippen molar-refractivity contribution >= 4 is 11.6 Å². The Hall–Kier alpha value is -2.29. The molecule has 2 aromatic carbocycles. The largest absolute Gasteiger partial charge is 0.506 e. The zero-order chi connectivity index (χ0) is 13.2. The van der Waals surface area contributed by atoms with Gasteiger partial charge in [0.15, 0.2) is 0 Å². The van der Waals surface area contributed by atoms with E-state index in [1.807, 2.05) is 30.3 Å². The molecule has 0 unspecified atom stereocenters. The van der Waals surface area contributed by atoms with Crippen LogP contribution < -0.4 is 4.90 Å². The van der Waals surface area contributed by atoms with E-state index in [4.69, 9.17) is 0 Å². The fraction of sp³-hybridized carbons (Fsp3) is 0.188. The summed E-state index contributed by atoms with van der Waals surface area (Å²) in [5.74, 6) is 0.129. The minimum absolute atomic E-state index is 0.0527. The van der Waals surface area contributed by atoms with Crippen LogP contribution in [0.15, 0.2) is 48.5 Å². The Morgan fingerprint density at radius 1 is 1.05 bits per heavy atom. The van der Waals surface area contributed by atoms with Crippen molar-refractivity contribution in [3.63, 3.8) is 0 Å². The lowest BCUT2D eigenvalue weighted by molar-refractivity contribution is 0.0984. The molecule has 19 heavy (non-hydrogen) atoms. The van der Waals surface area contributed by atoms with Crippen molar-refractivity contribution in [2.45, 2.75) is 12.8 Å². The molecule has 0 radical (unpaired) electrons. The number of hydrogen-bond acceptors (Lipinski definition) is 2. The number of aromatic hydroxyl groups is 1. The summed E-state index contributed by atoms with van der Waals surface area (Å²) in [7, 11) is 0. The van der Waals surface area contributed by atoms with Crippen molar-refractivity contribution < 1.29 is 9.90 Å². The lowest BCUT2D eigenvalue weighted by Gasteiger charge is -2.30. The summed E-state index contributed by atoms with van der Waals surface area (Å²) < 4.78 is 0. The zero-order valence-corrected chi connectivity index (χ0v) is 10.5. The SMILES string of the molecule is O=C(c1ccccc1)N1CCCc2cccc(O)c21. The molecular formula is C16H15NO2. The monoisotopic (exact) mass is 253 g/mol. The summed E-state index contributed by atoms with van der Waals surface area (Å²) in [6.07, 6.45) is 1.83. The van der Waals surface area contributed by atoms with Gasteiger partial charge in [0.2, 0.25) is 0 Å². The maximum Gasteiger partial charge on any atom is 0.258 e. The highest BCUT2D eigenvalue weighted by Crippen LogP contribution is 2.36. The molecule has 1 N–H and O–H groups in total. The molecule has 3 heteroatoms. The molecule has 3 nitrogen and oxygen atoms in total. The lowest BCUT2D eigenvalue weighted by atomic mass is 10.00. The van der Waals surface area contributed by atoms with E-state index in [2.05, 4.69) is 0 Å². The van der Waals surface area contributed by atoms with Crippen molar-refractivity contribution in [2.75, 3.05) is 11.4 Å². The number of phenols is 1. The topological polar surface area (TPSA) is 40.5 Å². The number of benzene rings is 2. The molecule has 0 atom stereocenters. The first-order valence-electron chi connectivity index (χ1n) is 6.45. The van der Waals surface area contributed by atoms with E-state index in [1.165, 1.54) is 0 Å². The minimum Gasteiger partial charge on any atom is -0.506 e. The van der Waals surface area contributed by atoms with Gasteiger partial charge in [-0.2, -0.15) is 0 Å². The summed E-state index contributed by atoms with van der Waals surface area (Å²) in [6, 6.07) is 14.6. The first-order valence-corrected chi connectivity index (χ1v) is 6.45. The Morgan fingerprint density at radius 2 is 1.84 bits per heavy atom. The number of aryl methyl sites for hydroxylation is 1. The number of rotatable bonds is 1. The third-order valence-corrected chi connectivity index (χ3v) is 3.46. The summed E-state index contributed by atoms with van der Waals surface area (Å²) in [6.45, 7) is 0.651. The number of amides is 1. The summed E-state index contributed by atoms with van der Waals surface area (Å²) in [5.41, 5.74) is 2.36. The standard InChI is InChI=1S/C16H15NO2/c18-14-10-4-8-12-9-5-11-17(15(12)14)16(19)13-6-2-1-3-7-13/h1-4,6-8,10,18H,5,9,11H2. The number of fused-ring (bicyclic) bond motifs is 1. The average Bonchev–Trinajstić information content (AvgIpc) is 2.47. The smallest absolute Gasteiger partial charge is 0.258 e.